The Morgan fingerprint density at radius 1 is 1.77 bits per heavy atom. The molecule has 0 saturated carbocycles. The molecule has 0 spiro atoms. The van der Waals surface area contributed by atoms with E-state index in [0.29, 0.717) is 11.1 Å². The van der Waals surface area contributed by atoms with Gasteiger partial charge in [0.05, 0.1) is 0 Å². The van der Waals surface area contributed by atoms with E-state index in [4.69, 9.17) is 14.4 Å². The second kappa shape index (κ2) is 4.70. The predicted molar refractivity (Wildman–Crippen MR) is 46.6 cm³/mol. The molecule has 0 aliphatic rings. The molecule has 0 unspecified atom stereocenters. The molecule has 1 aromatic rings. The number of nitriles is 1. The molecule has 0 aliphatic carbocycles. The molecule has 0 aliphatic heterocycles. The number of hydrogen-bond donors (Lipinski definition) is 0. The first kappa shape index (κ1) is 9.84. The minimum absolute atomic E-state index is 0.162. The second-order valence-electron chi connectivity index (χ2n) is 2.16. The SMILES string of the molecule is COc1coc(C[Se]C#N)cc1=O. The van der Waals surface area contributed by atoms with Gasteiger partial charge in [0, 0.05) is 0 Å². The van der Waals surface area contributed by atoms with Gasteiger partial charge in [-0.15, -0.1) is 0 Å². The van der Waals surface area contributed by atoms with Gasteiger partial charge in [-0.2, -0.15) is 0 Å². The van der Waals surface area contributed by atoms with E-state index < -0.39 is 0 Å². The van der Waals surface area contributed by atoms with Crippen molar-refractivity contribution in [3.8, 4) is 10.7 Å². The average Bonchev–Trinajstić information content (AvgIpc) is 2.15. The van der Waals surface area contributed by atoms with Gasteiger partial charge in [-0.1, -0.05) is 0 Å². The Labute approximate surface area is 81.3 Å². The van der Waals surface area contributed by atoms with E-state index in [1.807, 2.05) is 4.97 Å². The Hall–Kier alpha value is -1.24. The summed E-state index contributed by atoms with van der Waals surface area (Å²) in [5.74, 6) is 0.723. The Morgan fingerprint density at radius 3 is 3.08 bits per heavy atom. The van der Waals surface area contributed by atoms with E-state index in [1.54, 1.807) is 0 Å². The van der Waals surface area contributed by atoms with Gasteiger partial charge in [0.2, 0.25) is 0 Å². The summed E-state index contributed by atoms with van der Waals surface area (Å²) in [6.45, 7) is 0. The quantitative estimate of drug-likeness (QED) is 0.719. The third-order valence-electron chi connectivity index (χ3n) is 1.35. The summed E-state index contributed by atoms with van der Waals surface area (Å²) < 4.78 is 9.81. The molecule has 68 valence electrons. The molecule has 0 saturated heterocycles. The zero-order valence-electron chi connectivity index (χ0n) is 6.94. The van der Waals surface area contributed by atoms with Crippen molar-refractivity contribution < 1.29 is 9.15 Å². The Bertz CT molecular complexity index is 380. The van der Waals surface area contributed by atoms with E-state index in [1.165, 1.54) is 19.4 Å². The molecule has 1 heterocycles. The average molecular weight is 244 g/mol. The molecule has 5 heteroatoms. The summed E-state index contributed by atoms with van der Waals surface area (Å²) in [6, 6.07) is 1.36. The molecule has 0 atom stereocenters. The van der Waals surface area contributed by atoms with Crippen molar-refractivity contribution in [2.24, 2.45) is 0 Å². The number of methoxy groups -OCH3 is 1. The van der Waals surface area contributed by atoms with Crippen molar-refractivity contribution in [2.45, 2.75) is 5.32 Å². The van der Waals surface area contributed by atoms with Gasteiger partial charge in [-0.25, -0.2) is 0 Å². The van der Waals surface area contributed by atoms with Crippen LogP contribution in [0.3, 0.4) is 0 Å². The standard InChI is InChI=1S/C8H7NO3Se/c1-11-8-3-12-6(2-7(8)10)4-13-5-9/h2-3H,4H2,1H3. The van der Waals surface area contributed by atoms with Crippen molar-refractivity contribution in [2.75, 3.05) is 7.11 Å². The molecular weight excluding hydrogens is 237 g/mol. The van der Waals surface area contributed by atoms with Gasteiger partial charge in [0.25, 0.3) is 0 Å². The monoisotopic (exact) mass is 245 g/mol. The van der Waals surface area contributed by atoms with Gasteiger partial charge < -0.3 is 0 Å². The maximum absolute atomic E-state index is 11.2. The van der Waals surface area contributed by atoms with Crippen LogP contribution in [0.1, 0.15) is 5.76 Å². The molecule has 0 fully saturated rings. The molecule has 0 radical (unpaired) electrons. The summed E-state index contributed by atoms with van der Waals surface area (Å²) >= 11 is -0.162. The first-order chi connectivity index (χ1) is 6.27. The second-order valence-corrected chi connectivity index (χ2v) is 3.75. The van der Waals surface area contributed by atoms with Crippen LogP contribution in [0.4, 0.5) is 0 Å². The molecule has 0 N–H and O–H groups in total. The summed E-state index contributed by atoms with van der Waals surface area (Å²) in [5, 5.41) is 8.85. The third-order valence-corrected chi connectivity index (χ3v) is 2.52. The first-order valence-electron chi connectivity index (χ1n) is 3.44. The van der Waals surface area contributed by atoms with E-state index >= 15 is 0 Å². The molecular formula is C8H7NO3Se. The van der Waals surface area contributed by atoms with E-state index in [9.17, 15) is 4.79 Å². The van der Waals surface area contributed by atoms with Crippen molar-refractivity contribution >= 4 is 15.0 Å². The van der Waals surface area contributed by atoms with Gasteiger partial charge in [0.15, 0.2) is 0 Å². The van der Waals surface area contributed by atoms with Crippen LogP contribution in [-0.2, 0) is 5.32 Å². The molecule has 0 bridgehead atoms. The van der Waals surface area contributed by atoms with E-state index in [0.717, 1.165) is 0 Å². The van der Waals surface area contributed by atoms with Crippen LogP contribution < -0.4 is 10.2 Å². The minimum atomic E-state index is -0.211. The predicted octanol–water partition coefficient (Wildman–Crippen LogP) is 0.334. The van der Waals surface area contributed by atoms with Crippen molar-refractivity contribution in [1.82, 2.24) is 0 Å². The molecule has 13 heavy (non-hydrogen) atoms. The number of ether oxygens (including phenoxy) is 1. The van der Waals surface area contributed by atoms with Gasteiger partial charge in [-0.3, -0.25) is 0 Å². The fourth-order valence-electron chi connectivity index (χ4n) is 0.766. The van der Waals surface area contributed by atoms with Crippen LogP contribution in [-0.4, -0.2) is 22.1 Å². The van der Waals surface area contributed by atoms with Crippen LogP contribution in [0.25, 0.3) is 0 Å². The Kier molecular flexibility index (Phi) is 3.56. The molecule has 0 amide bonds. The Balaban J connectivity index is 2.85. The van der Waals surface area contributed by atoms with Crippen LogP contribution in [0.5, 0.6) is 5.75 Å². The normalized spacial score (nSPS) is 9.23. The van der Waals surface area contributed by atoms with Crippen molar-refractivity contribution in [3.05, 3.63) is 28.3 Å². The van der Waals surface area contributed by atoms with Crippen LogP contribution in [0, 0.1) is 10.2 Å². The van der Waals surface area contributed by atoms with Crippen LogP contribution in [0.15, 0.2) is 21.5 Å². The van der Waals surface area contributed by atoms with Gasteiger partial charge in [0.1, 0.15) is 0 Å². The Morgan fingerprint density at radius 2 is 2.54 bits per heavy atom. The van der Waals surface area contributed by atoms with Gasteiger partial charge in [-0.05, 0) is 0 Å². The van der Waals surface area contributed by atoms with E-state index in [-0.39, 0.29) is 26.1 Å². The zero-order valence-corrected chi connectivity index (χ0v) is 8.66. The van der Waals surface area contributed by atoms with Gasteiger partial charge >= 0.3 is 80.8 Å². The molecule has 1 aromatic heterocycles. The third kappa shape index (κ3) is 2.62. The molecule has 0 aromatic carbocycles. The summed E-state index contributed by atoms with van der Waals surface area (Å²) in [7, 11) is 1.41. The number of hydrogen-bond acceptors (Lipinski definition) is 4. The molecule has 4 nitrogen and oxygen atoms in total. The van der Waals surface area contributed by atoms with E-state index in [2.05, 4.69) is 0 Å². The summed E-state index contributed by atoms with van der Waals surface area (Å²) in [4.78, 5) is 13.2. The zero-order chi connectivity index (χ0) is 9.68. The van der Waals surface area contributed by atoms with Crippen LogP contribution >= 0.6 is 0 Å². The fraction of sp³-hybridized carbons (Fsp3) is 0.250. The summed E-state index contributed by atoms with van der Waals surface area (Å²) in [5.41, 5.74) is -0.211. The number of nitrogens with zero attached hydrogens (tertiary/aromatic N) is 1. The van der Waals surface area contributed by atoms with Crippen LogP contribution in [0.2, 0.25) is 0 Å². The topological polar surface area (TPSA) is 63.2 Å². The first-order valence-corrected chi connectivity index (χ1v) is 5.51. The fourth-order valence-corrected chi connectivity index (χ4v) is 1.52. The summed E-state index contributed by atoms with van der Waals surface area (Å²) in [6.07, 6.45) is 1.27. The maximum atomic E-state index is 11.2. The van der Waals surface area contributed by atoms with Crippen molar-refractivity contribution in [3.63, 3.8) is 0 Å². The number of rotatable bonds is 3. The van der Waals surface area contributed by atoms with Crippen molar-refractivity contribution in [1.29, 1.82) is 5.26 Å². The molecule has 1 rings (SSSR count).